The Balaban J connectivity index is 2.20. The molecule has 4 nitrogen and oxygen atoms in total. The molecule has 1 atom stereocenters. The maximum atomic E-state index is 5.43. The number of hydrogen-bond acceptors (Lipinski definition) is 4. The molecule has 21 heavy (non-hydrogen) atoms. The summed E-state index contributed by atoms with van der Waals surface area (Å²) in [5, 5.41) is 3.49. The molecule has 1 aromatic heterocycles. The smallest absolute Gasteiger partial charge is 0.160 e. The van der Waals surface area contributed by atoms with Gasteiger partial charge in [-0.15, -0.1) is 0 Å². The van der Waals surface area contributed by atoms with E-state index in [2.05, 4.69) is 24.4 Å². The van der Waals surface area contributed by atoms with E-state index >= 15 is 0 Å². The average molecular weight is 289 g/mol. The van der Waals surface area contributed by atoms with Crippen LogP contribution in [0.1, 0.15) is 29.9 Å². The van der Waals surface area contributed by atoms with Gasteiger partial charge in [-0.25, -0.2) is 0 Å². The van der Waals surface area contributed by atoms with Gasteiger partial charge in [0.05, 0.1) is 20.5 Å². The van der Waals surface area contributed by atoms with Gasteiger partial charge in [-0.05, 0) is 43.7 Å². The van der Waals surface area contributed by atoms with Crippen molar-refractivity contribution in [3.05, 3.63) is 47.4 Å². The molecule has 1 aromatic carbocycles. The standard InChI is InChI=1S/C17H23NO3/c1-5-18-15(14-8-12(2)21-11-14)9-13-6-7-16(19-3)17(10-13)20-4/h6-8,10-11,15,18H,5,9H2,1-4H3. The third kappa shape index (κ3) is 3.79. The van der Waals surface area contributed by atoms with Crippen molar-refractivity contribution in [1.82, 2.24) is 5.32 Å². The summed E-state index contributed by atoms with van der Waals surface area (Å²) in [5.41, 5.74) is 2.36. The summed E-state index contributed by atoms with van der Waals surface area (Å²) in [7, 11) is 3.30. The van der Waals surface area contributed by atoms with Gasteiger partial charge in [0.2, 0.25) is 0 Å². The fourth-order valence-corrected chi connectivity index (χ4v) is 2.44. The van der Waals surface area contributed by atoms with Gasteiger partial charge in [-0.3, -0.25) is 0 Å². The zero-order chi connectivity index (χ0) is 15.2. The Morgan fingerprint density at radius 3 is 2.48 bits per heavy atom. The summed E-state index contributed by atoms with van der Waals surface area (Å²) in [6.45, 7) is 4.97. The first-order valence-corrected chi connectivity index (χ1v) is 7.17. The molecule has 0 amide bonds. The Kier molecular flexibility index (Phi) is 5.28. The molecule has 0 aliphatic heterocycles. The Morgan fingerprint density at radius 1 is 1.14 bits per heavy atom. The molecule has 0 bridgehead atoms. The minimum atomic E-state index is 0.227. The topological polar surface area (TPSA) is 43.6 Å². The highest BCUT2D eigenvalue weighted by molar-refractivity contribution is 5.43. The van der Waals surface area contributed by atoms with Crippen LogP contribution in [0.5, 0.6) is 11.5 Å². The predicted octanol–water partition coefficient (Wildman–Crippen LogP) is 3.50. The summed E-state index contributed by atoms with van der Waals surface area (Å²) >= 11 is 0. The number of likely N-dealkylation sites (N-methyl/N-ethyl adjacent to an activating group) is 1. The van der Waals surface area contributed by atoms with Gasteiger partial charge >= 0.3 is 0 Å². The van der Waals surface area contributed by atoms with Crippen molar-refractivity contribution in [2.75, 3.05) is 20.8 Å². The minimum Gasteiger partial charge on any atom is -0.493 e. The molecule has 1 heterocycles. The number of aryl methyl sites for hydroxylation is 1. The molecule has 0 saturated carbocycles. The second-order valence-corrected chi connectivity index (χ2v) is 4.99. The highest BCUT2D eigenvalue weighted by Gasteiger charge is 2.15. The first-order valence-electron chi connectivity index (χ1n) is 7.17. The Labute approximate surface area is 126 Å². The molecule has 2 rings (SSSR count). The van der Waals surface area contributed by atoms with Gasteiger partial charge in [0, 0.05) is 11.6 Å². The van der Waals surface area contributed by atoms with Crippen molar-refractivity contribution in [1.29, 1.82) is 0 Å². The minimum absolute atomic E-state index is 0.227. The largest absolute Gasteiger partial charge is 0.493 e. The monoisotopic (exact) mass is 289 g/mol. The molecular formula is C17H23NO3. The molecule has 0 spiro atoms. The molecule has 0 saturated heterocycles. The summed E-state index contributed by atoms with van der Waals surface area (Å²) in [6.07, 6.45) is 2.69. The van der Waals surface area contributed by atoms with E-state index in [1.165, 1.54) is 11.1 Å². The summed E-state index contributed by atoms with van der Waals surface area (Å²) < 4.78 is 16.1. The van der Waals surface area contributed by atoms with Crippen LogP contribution in [0.4, 0.5) is 0 Å². The zero-order valence-electron chi connectivity index (χ0n) is 13.1. The fraction of sp³-hybridized carbons (Fsp3) is 0.412. The fourth-order valence-electron chi connectivity index (χ4n) is 2.44. The van der Waals surface area contributed by atoms with E-state index in [1.54, 1.807) is 14.2 Å². The molecule has 0 radical (unpaired) electrons. The van der Waals surface area contributed by atoms with Crippen molar-refractivity contribution in [3.63, 3.8) is 0 Å². The van der Waals surface area contributed by atoms with Gasteiger partial charge < -0.3 is 19.2 Å². The molecular weight excluding hydrogens is 266 g/mol. The lowest BCUT2D eigenvalue weighted by molar-refractivity contribution is 0.354. The third-order valence-corrected chi connectivity index (χ3v) is 3.49. The first-order chi connectivity index (χ1) is 10.2. The van der Waals surface area contributed by atoms with E-state index in [0.717, 1.165) is 30.2 Å². The predicted molar refractivity (Wildman–Crippen MR) is 83.1 cm³/mol. The van der Waals surface area contributed by atoms with Crippen LogP contribution in [0.25, 0.3) is 0 Å². The summed E-state index contributed by atoms with van der Waals surface area (Å²) in [5.74, 6) is 2.44. The Bertz CT molecular complexity index is 577. The van der Waals surface area contributed by atoms with Crippen LogP contribution in [-0.4, -0.2) is 20.8 Å². The molecule has 4 heteroatoms. The number of ether oxygens (including phenoxy) is 2. The summed E-state index contributed by atoms with van der Waals surface area (Å²) in [4.78, 5) is 0. The lowest BCUT2D eigenvalue weighted by Crippen LogP contribution is -2.22. The lowest BCUT2D eigenvalue weighted by atomic mass is 10.0. The van der Waals surface area contributed by atoms with Crippen molar-refractivity contribution in [2.24, 2.45) is 0 Å². The third-order valence-electron chi connectivity index (χ3n) is 3.49. The highest BCUT2D eigenvalue weighted by atomic mass is 16.5. The first kappa shape index (κ1) is 15.4. The normalized spacial score (nSPS) is 12.2. The van der Waals surface area contributed by atoms with Crippen LogP contribution < -0.4 is 14.8 Å². The van der Waals surface area contributed by atoms with Gasteiger partial charge in [0.15, 0.2) is 11.5 Å². The van der Waals surface area contributed by atoms with E-state index in [1.807, 2.05) is 25.3 Å². The number of rotatable bonds is 7. The molecule has 0 fully saturated rings. The van der Waals surface area contributed by atoms with Crippen LogP contribution in [0, 0.1) is 6.92 Å². The summed E-state index contributed by atoms with van der Waals surface area (Å²) in [6, 6.07) is 8.34. The molecule has 114 valence electrons. The number of nitrogens with one attached hydrogen (secondary N) is 1. The maximum absolute atomic E-state index is 5.43. The molecule has 0 aliphatic rings. The van der Waals surface area contributed by atoms with Crippen LogP contribution in [0.2, 0.25) is 0 Å². The maximum Gasteiger partial charge on any atom is 0.160 e. The van der Waals surface area contributed by atoms with Crippen molar-refractivity contribution >= 4 is 0 Å². The molecule has 1 unspecified atom stereocenters. The van der Waals surface area contributed by atoms with Crippen molar-refractivity contribution < 1.29 is 13.9 Å². The molecule has 1 N–H and O–H groups in total. The van der Waals surface area contributed by atoms with E-state index in [0.29, 0.717) is 0 Å². The van der Waals surface area contributed by atoms with E-state index in [9.17, 15) is 0 Å². The second kappa shape index (κ2) is 7.18. The van der Waals surface area contributed by atoms with Crippen LogP contribution in [-0.2, 0) is 6.42 Å². The van der Waals surface area contributed by atoms with Crippen molar-refractivity contribution in [2.45, 2.75) is 26.3 Å². The Hall–Kier alpha value is -1.94. The van der Waals surface area contributed by atoms with Crippen LogP contribution in [0.3, 0.4) is 0 Å². The van der Waals surface area contributed by atoms with Gasteiger partial charge in [0.25, 0.3) is 0 Å². The zero-order valence-corrected chi connectivity index (χ0v) is 13.1. The SMILES string of the molecule is CCNC(Cc1ccc(OC)c(OC)c1)c1coc(C)c1. The Morgan fingerprint density at radius 2 is 1.90 bits per heavy atom. The van der Waals surface area contributed by atoms with Gasteiger partial charge in [-0.2, -0.15) is 0 Å². The van der Waals surface area contributed by atoms with Crippen LogP contribution in [0.15, 0.2) is 34.9 Å². The van der Waals surface area contributed by atoms with E-state index in [-0.39, 0.29) is 6.04 Å². The van der Waals surface area contributed by atoms with E-state index in [4.69, 9.17) is 13.9 Å². The van der Waals surface area contributed by atoms with Crippen molar-refractivity contribution in [3.8, 4) is 11.5 Å². The molecule has 0 aliphatic carbocycles. The number of methoxy groups -OCH3 is 2. The van der Waals surface area contributed by atoms with Crippen LogP contribution >= 0.6 is 0 Å². The average Bonchev–Trinajstić information content (AvgIpc) is 2.93. The van der Waals surface area contributed by atoms with Gasteiger partial charge in [-0.1, -0.05) is 13.0 Å². The van der Waals surface area contributed by atoms with Gasteiger partial charge in [0.1, 0.15) is 5.76 Å². The second-order valence-electron chi connectivity index (χ2n) is 4.99. The number of hydrogen-bond donors (Lipinski definition) is 1. The lowest BCUT2D eigenvalue weighted by Gasteiger charge is -2.17. The highest BCUT2D eigenvalue weighted by Crippen LogP contribution is 2.29. The van der Waals surface area contributed by atoms with E-state index < -0.39 is 0 Å². The quantitative estimate of drug-likeness (QED) is 0.847. The molecule has 2 aromatic rings. The number of furan rings is 1. The number of benzene rings is 1.